The Morgan fingerprint density at radius 1 is 1.23 bits per heavy atom. The van der Waals surface area contributed by atoms with Gasteiger partial charge in [0, 0.05) is 41.5 Å². The molecule has 1 saturated heterocycles. The van der Waals surface area contributed by atoms with E-state index in [0.29, 0.717) is 22.9 Å². The van der Waals surface area contributed by atoms with Crippen molar-refractivity contribution < 1.29 is 14.5 Å². The summed E-state index contributed by atoms with van der Waals surface area (Å²) in [5, 5.41) is 16.6. The first kappa shape index (κ1) is 17.7. The van der Waals surface area contributed by atoms with E-state index in [1.54, 1.807) is 35.2 Å². The summed E-state index contributed by atoms with van der Waals surface area (Å²) < 4.78 is 0. The Balaban J connectivity index is 1.60. The van der Waals surface area contributed by atoms with Crippen LogP contribution in [0.5, 0.6) is 0 Å². The van der Waals surface area contributed by atoms with Gasteiger partial charge in [-0.1, -0.05) is 17.7 Å². The first-order chi connectivity index (χ1) is 12.4. The second kappa shape index (κ2) is 7.40. The highest BCUT2D eigenvalue weighted by Gasteiger charge is 2.31. The topological polar surface area (TPSA) is 105 Å². The highest BCUT2D eigenvalue weighted by molar-refractivity contribution is 6.30. The van der Waals surface area contributed by atoms with Gasteiger partial charge in [0.05, 0.1) is 11.0 Å². The van der Waals surface area contributed by atoms with Gasteiger partial charge in [-0.15, -0.1) is 0 Å². The van der Waals surface area contributed by atoms with Gasteiger partial charge in [0.15, 0.2) is 0 Å². The summed E-state index contributed by atoms with van der Waals surface area (Å²) in [6, 6.07) is 11.6. The predicted octanol–water partition coefficient (Wildman–Crippen LogP) is 3.18. The molecule has 2 N–H and O–H groups in total. The van der Waals surface area contributed by atoms with E-state index >= 15 is 0 Å². The van der Waals surface area contributed by atoms with Crippen molar-refractivity contribution in [3.8, 4) is 0 Å². The molecule has 0 radical (unpaired) electrons. The fourth-order valence-corrected chi connectivity index (χ4v) is 2.85. The zero-order valence-corrected chi connectivity index (χ0v) is 14.3. The maximum absolute atomic E-state index is 12.2. The van der Waals surface area contributed by atoms with Crippen molar-refractivity contribution in [1.82, 2.24) is 5.32 Å². The van der Waals surface area contributed by atoms with Gasteiger partial charge in [-0.3, -0.25) is 14.9 Å². The molecule has 1 fully saturated rings. The molecule has 3 rings (SSSR count). The number of nitrogens with zero attached hydrogens (tertiary/aromatic N) is 2. The molecule has 134 valence electrons. The van der Waals surface area contributed by atoms with Crippen molar-refractivity contribution in [2.45, 2.75) is 12.5 Å². The Bertz CT molecular complexity index is 856. The minimum absolute atomic E-state index is 0.104. The molecular weight excluding hydrogens is 360 g/mol. The lowest BCUT2D eigenvalue weighted by Gasteiger charge is -2.17. The van der Waals surface area contributed by atoms with Crippen LogP contribution in [0.3, 0.4) is 0 Å². The zero-order valence-electron chi connectivity index (χ0n) is 13.5. The highest BCUT2D eigenvalue weighted by Crippen LogP contribution is 2.23. The molecule has 1 unspecified atom stereocenters. The number of benzene rings is 2. The zero-order chi connectivity index (χ0) is 18.7. The van der Waals surface area contributed by atoms with Crippen LogP contribution in [-0.4, -0.2) is 29.4 Å². The Labute approximate surface area is 153 Å². The highest BCUT2D eigenvalue weighted by atomic mass is 35.5. The number of amides is 3. The molecule has 0 saturated carbocycles. The first-order valence-corrected chi connectivity index (χ1v) is 8.18. The van der Waals surface area contributed by atoms with Crippen LogP contribution in [0.25, 0.3) is 0 Å². The fraction of sp³-hybridized carbons (Fsp3) is 0.176. The van der Waals surface area contributed by atoms with E-state index in [4.69, 9.17) is 11.6 Å². The number of nitrogens with one attached hydrogen (secondary N) is 2. The van der Waals surface area contributed by atoms with E-state index in [2.05, 4.69) is 10.6 Å². The van der Waals surface area contributed by atoms with Crippen molar-refractivity contribution in [3.63, 3.8) is 0 Å². The Kier molecular flexibility index (Phi) is 5.04. The number of rotatable bonds is 4. The van der Waals surface area contributed by atoms with Gasteiger partial charge >= 0.3 is 6.03 Å². The number of nitro groups is 1. The van der Waals surface area contributed by atoms with Crippen molar-refractivity contribution >= 4 is 40.6 Å². The Morgan fingerprint density at radius 3 is 2.65 bits per heavy atom. The molecule has 26 heavy (non-hydrogen) atoms. The number of hydrogen-bond acceptors (Lipinski definition) is 4. The van der Waals surface area contributed by atoms with Crippen LogP contribution >= 0.6 is 11.6 Å². The smallest absolute Gasteiger partial charge is 0.319 e. The maximum Gasteiger partial charge on any atom is 0.319 e. The van der Waals surface area contributed by atoms with E-state index in [1.165, 1.54) is 18.2 Å². The number of carbonyl (C=O) groups is 2. The van der Waals surface area contributed by atoms with Crippen LogP contribution in [0, 0.1) is 10.1 Å². The molecule has 0 aromatic heterocycles. The van der Waals surface area contributed by atoms with Gasteiger partial charge in [-0.05, 0) is 30.3 Å². The van der Waals surface area contributed by atoms with Crippen molar-refractivity contribution in [2.24, 2.45) is 0 Å². The minimum atomic E-state index is -0.539. The molecule has 2 aromatic carbocycles. The molecule has 9 heteroatoms. The third-order valence-electron chi connectivity index (χ3n) is 3.91. The second-order valence-corrected chi connectivity index (χ2v) is 6.22. The number of urea groups is 1. The largest absolute Gasteiger partial charge is 0.333 e. The number of halogens is 1. The average molecular weight is 375 g/mol. The van der Waals surface area contributed by atoms with Crippen LogP contribution < -0.4 is 15.5 Å². The Hall–Kier alpha value is -3.13. The third-order valence-corrected chi connectivity index (χ3v) is 4.17. The number of carbonyl (C=O) groups excluding carboxylic acids is 2. The summed E-state index contributed by atoms with van der Waals surface area (Å²) in [6.07, 6.45) is 0.172. The Morgan fingerprint density at radius 2 is 1.96 bits per heavy atom. The van der Waals surface area contributed by atoms with E-state index in [-0.39, 0.29) is 24.1 Å². The van der Waals surface area contributed by atoms with E-state index in [0.717, 1.165) is 0 Å². The van der Waals surface area contributed by atoms with Gasteiger partial charge in [-0.25, -0.2) is 4.79 Å². The lowest BCUT2D eigenvalue weighted by molar-refractivity contribution is -0.384. The normalized spacial score (nSPS) is 16.4. The number of non-ortho nitro benzene ring substituents is 1. The maximum atomic E-state index is 12.2. The van der Waals surface area contributed by atoms with Crippen LogP contribution in [0.15, 0.2) is 48.5 Å². The summed E-state index contributed by atoms with van der Waals surface area (Å²) in [5.74, 6) is -0.104. The fourth-order valence-electron chi connectivity index (χ4n) is 2.72. The molecule has 2 aromatic rings. The number of nitro benzene ring substituents is 1. The van der Waals surface area contributed by atoms with E-state index < -0.39 is 11.0 Å². The molecule has 0 aliphatic carbocycles. The standard InChI is InChI=1S/C17H15ClN4O4/c18-11-4-6-14(7-5-11)21-10-13(9-16(21)23)20-17(24)19-12-2-1-3-15(8-12)22(25)26/h1-8,13H,9-10H2,(H2,19,20,24). The summed E-state index contributed by atoms with van der Waals surface area (Å²) >= 11 is 5.85. The molecule has 8 nitrogen and oxygen atoms in total. The molecule has 1 aliphatic heterocycles. The van der Waals surface area contributed by atoms with Crippen molar-refractivity contribution in [1.29, 1.82) is 0 Å². The van der Waals surface area contributed by atoms with E-state index in [9.17, 15) is 19.7 Å². The molecule has 1 aliphatic rings. The molecular formula is C17H15ClN4O4. The summed E-state index contributed by atoms with van der Waals surface area (Å²) in [7, 11) is 0. The quantitative estimate of drug-likeness (QED) is 0.633. The minimum Gasteiger partial charge on any atom is -0.333 e. The van der Waals surface area contributed by atoms with Gasteiger partial charge in [-0.2, -0.15) is 0 Å². The summed E-state index contributed by atoms with van der Waals surface area (Å²) in [6.45, 7) is 0.336. The first-order valence-electron chi connectivity index (χ1n) is 7.80. The van der Waals surface area contributed by atoms with Gasteiger partial charge < -0.3 is 15.5 Å². The van der Waals surface area contributed by atoms with Crippen LogP contribution in [0.1, 0.15) is 6.42 Å². The van der Waals surface area contributed by atoms with Gasteiger partial charge in [0.2, 0.25) is 5.91 Å². The van der Waals surface area contributed by atoms with E-state index in [1.807, 2.05) is 0 Å². The molecule has 1 atom stereocenters. The average Bonchev–Trinajstić information content (AvgIpc) is 2.95. The van der Waals surface area contributed by atoms with Crippen LogP contribution in [0.4, 0.5) is 21.9 Å². The summed E-state index contributed by atoms with van der Waals surface area (Å²) in [4.78, 5) is 36.1. The lowest BCUT2D eigenvalue weighted by atomic mass is 10.2. The summed E-state index contributed by atoms with van der Waals surface area (Å²) in [5.41, 5.74) is 0.895. The molecule has 0 bridgehead atoms. The van der Waals surface area contributed by atoms with Gasteiger partial charge in [0.1, 0.15) is 0 Å². The SMILES string of the molecule is O=C(Nc1cccc([N+](=O)[O-])c1)NC1CC(=O)N(c2ccc(Cl)cc2)C1. The lowest BCUT2D eigenvalue weighted by Crippen LogP contribution is -2.39. The second-order valence-electron chi connectivity index (χ2n) is 5.79. The van der Waals surface area contributed by atoms with Gasteiger partial charge in [0.25, 0.3) is 5.69 Å². The van der Waals surface area contributed by atoms with Crippen LogP contribution in [0.2, 0.25) is 5.02 Å². The number of hydrogen-bond donors (Lipinski definition) is 2. The molecule has 0 spiro atoms. The molecule has 1 heterocycles. The number of anilines is 2. The molecule has 3 amide bonds. The van der Waals surface area contributed by atoms with Crippen molar-refractivity contribution in [2.75, 3.05) is 16.8 Å². The monoisotopic (exact) mass is 374 g/mol. The predicted molar refractivity (Wildman–Crippen MR) is 97.5 cm³/mol. The third kappa shape index (κ3) is 4.09. The van der Waals surface area contributed by atoms with Crippen LogP contribution in [-0.2, 0) is 4.79 Å². The van der Waals surface area contributed by atoms with Crippen molar-refractivity contribution in [3.05, 3.63) is 63.7 Å².